The Kier molecular flexibility index (Phi) is 6.15. The fourth-order valence-electron chi connectivity index (χ4n) is 2.71. The van der Waals surface area contributed by atoms with E-state index >= 15 is 0 Å². The maximum Gasteiger partial charge on any atom is 0.251 e. The van der Waals surface area contributed by atoms with Crippen LogP contribution in [0, 0.1) is 6.92 Å². The number of amides is 1. The minimum Gasteiger partial charge on any atom is -0.352 e. The summed E-state index contributed by atoms with van der Waals surface area (Å²) in [7, 11) is 0. The number of benzene rings is 2. The smallest absolute Gasteiger partial charge is 0.251 e. The highest BCUT2D eigenvalue weighted by atomic mass is 16.1. The number of unbranched alkanes of at least 4 members (excludes halogenated alkanes) is 1. The third-order valence-corrected chi connectivity index (χ3v) is 4.20. The Morgan fingerprint density at radius 3 is 2.52 bits per heavy atom. The van der Waals surface area contributed by atoms with Crippen LogP contribution in [0.2, 0.25) is 0 Å². The first-order chi connectivity index (χ1) is 13.2. The predicted octanol–water partition coefficient (Wildman–Crippen LogP) is 4.73. The third kappa shape index (κ3) is 5.14. The maximum absolute atomic E-state index is 12.2. The Morgan fingerprint density at radius 1 is 1.00 bits per heavy atom. The van der Waals surface area contributed by atoms with Crippen LogP contribution in [0.4, 0.5) is 11.6 Å². The Hall–Kier alpha value is -3.21. The second kappa shape index (κ2) is 8.94. The molecule has 3 rings (SSSR count). The van der Waals surface area contributed by atoms with E-state index in [4.69, 9.17) is 0 Å². The molecule has 0 spiro atoms. The lowest BCUT2D eigenvalue weighted by molar-refractivity contribution is 0.0953. The van der Waals surface area contributed by atoms with E-state index < -0.39 is 0 Å². The van der Waals surface area contributed by atoms with Crippen LogP contribution < -0.4 is 10.6 Å². The SMILES string of the molecule is CCCCNC(=O)c1cccc(Nc2ncc(-c3cccc(C)c3)cn2)c1. The van der Waals surface area contributed by atoms with Crippen LogP contribution >= 0.6 is 0 Å². The number of aryl methyl sites for hydroxylation is 1. The fraction of sp³-hybridized carbons (Fsp3) is 0.227. The molecule has 1 aromatic heterocycles. The predicted molar refractivity (Wildman–Crippen MR) is 109 cm³/mol. The quantitative estimate of drug-likeness (QED) is 0.598. The summed E-state index contributed by atoms with van der Waals surface area (Å²) < 4.78 is 0. The van der Waals surface area contributed by atoms with Crippen LogP contribution in [0.15, 0.2) is 60.9 Å². The maximum atomic E-state index is 12.2. The van der Waals surface area contributed by atoms with Gasteiger partial charge in [0.1, 0.15) is 0 Å². The summed E-state index contributed by atoms with van der Waals surface area (Å²) in [5.41, 5.74) is 4.65. The van der Waals surface area contributed by atoms with E-state index in [1.165, 1.54) is 5.56 Å². The molecule has 0 fully saturated rings. The van der Waals surface area contributed by atoms with Gasteiger partial charge in [-0.1, -0.05) is 49.2 Å². The van der Waals surface area contributed by atoms with Gasteiger partial charge in [-0.25, -0.2) is 9.97 Å². The van der Waals surface area contributed by atoms with Gasteiger partial charge in [0, 0.05) is 35.8 Å². The molecule has 0 saturated heterocycles. The number of hydrogen-bond acceptors (Lipinski definition) is 4. The number of hydrogen-bond donors (Lipinski definition) is 2. The molecule has 2 N–H and O–H groups in total. The second-order valence-electron chi connectivity index (χ2n) is 6.48. The molecule has 0 aliphatic carbocycles. The van der Waals surface area contributed by atoms with Gasteiger partial charge in [0.15, 0.2) is 0 Å². The second-order valence-corrected chi connectivity index (χ2v) is 6.48. The summed E-state index contributed by atoms with van der Waals surface area (Å²) >= 11 is 0. The topological polar surface area (TPSA) is 66.9 Å². The Bertz CT molecular complexity index is 906. The van der Waals surface area contributed by atoms with Gasteiger partial charge in [0.25, 0.3) is 5.91 Å². The number of rotatable bonds is 7. The van der Waals surface area contributed by atoms with Crippen molar-refractivity contribution in [2.75, 3.05) is 11.9 Å². The van der Waals surface area contributed by atoms with Gasteiger partial charge < -0.3 is 10.6 Å². The van der Waals surface area contributed by atoms with Crippen molar-refractivity contribution in [2.45, 2.75) is 26.7 Å². The first-order valence-electron chi connectivity index (χ1n) is 9.20. The summed E-state index contributed by atoms with van der Waals surface area (Å²) in [5.74, 6) is 0.428. The lowest BCUT2D eigenvalue weighted by Gasteiger charge is -2.09. The van der Waals surface area contributed by atoms with Gasteiger partial charge >= 0.3 is 0 Å². The zero-order valence-corrected chi connectivity index (χ0v) is 15.7. The van der Waals surface area contributed by atoms with E-state index in [-0.39, 0.29) is 5.91 Å². The lowest BCUT2D eigenvalue weighted by Crippen LogP contribution is -2.24. The normalized spacial score (nSPS) is 10.4. The van der Waals surface area contributed by atoms with E-state index in [9.17, 15) is 4.79 Å². The molecule has 0 aliphatic rings. The number of carbonyl (C=O) groups excluding carboxylic acids is 1. The molecular weight excluding hydrogens is 336 g/mol. The molecule has 138 valence electrons. The molecule has 3 aromatic rings. The minimum atomic E-state index is -0.0668. The van der Waals surface area contributed by atoms with E-state index in [0.29, 0.717) is 18.1 Å². The number of anilines is 2. The Labute approximate surface area is 159 Å². The number of carbonyl (C=O) groups is 1. The van der Waals surface area contributed by atoms with Gasteiger partial charge in [0.2, 0.25) is 5.95 Å². The van der Waals surface area contributed by atoms with E-state index in [1.54, 1.807) is 24.5 Å². The van der Waals surface area contributed by atoms with Crippen molar-refractivity contribution in [3.05, 3.63) is 72.1 Å². The zero-order valence-electron chi connectivity index (χ0n) is 15.7. The van der Waals surface area contributed by atoms with Crippen LogP contribution in [0.5, 0.6) is 0 Å². The molecule has 2 aromatic carbocycles. The summed E-state index contributed by atoms with van der Waals surface area (Å²) in [6.07, 6.45) is 5.62. The van der Waals surface area contributed by atoms with Crippen LogP contribution in [0.3, 0.4) is 0 Å². The van der Waals surface area contributed by atoms with Crippen molar-refractivity contribution < 1.29 is 4.79 Å². The van der Waals surface area contributed by atoms with Crippen molar-refractivity contribution in [3.8, 4) is 11.1 Å². The number of nitrogens with zero attached hydrogens (tertiary/aromatic N) is 2. The summed E-state index contributed by atoms with van der Waals surface area (Å²) in [6, 6.07) is 15.6. The minimum absolute atomic E-state index is 0.0668. The highest BCUT2D eigenvalue weighted by molar-refractivity contribution is 5.95. The standard InChI is InChI=1S/C22H24N4O/c1-3-4-11-23-21(27)18-9-6-10-20(13-18)26-22-24-14-19(15-25-22)17-8-5-7-16(2)12-17/h5-10,12-15H,3-4,11H2,1-2H3,(H,23,27)(H,24,25,26). The fourth-order valence-corrected chi connectivity index (χ4v) is 2.71. The molecule has 1 heterocycles. The van der Waals surface area contributed by atoms with Crippen molar-refractivity contribution in [2.24, 2.45) is 0 Å². The van der Waals surface area contributed by atoms with E-state index in [2.05, 4.69) is 46.6 Å². The third-order valence-electron chi connectivity index (χ3n) is 4.20. The van der Waals surface area contributed by atoms with Gasteiger partial charge in [0.05, 0.1) is 0 Å². The molecule has 5 heteroatoms. The first kappa shape index (κ1) is 18.6. The number of nitrogens with one attached hydrogen (secondary N) is 2. The molecule has 0 aliphatic heterocycles. The lowest BCUT2D eigenvalue weighted by atomic mass is 10.1. The summed E-state index contributed by atoms with van der Waals surface area (Å²) in [6.45, 7) is 4.85. The van der Waals surface area contributed by atoms with Crippen molar-refractivity contribution in [1.29, 1.82) is 0 Å². The molecule has 0 radical (unpaired) electrons. The largest absolute Gasteiger partial charge is 0.352 e. The Balaban J connectivity index is 1.68. The van der Waals surface area contributed by atoms with Gasteiger partial charge in [-0.2, -0.15) is 0 Å². The van der Waals surface area contributed by atoms with Crippen LogP contribution in [-0.4, -0.2) is 22.4 Å². The summed E-state index contributed by atoms with van der Waals surface area (Å²) in [5, 5.41) is 6.08. The first-order valence-corrected chi connectivity index (χ1v) is 9.20. The monoisotopic (exact) mass is 360 g/mol. The molecule has 1 amide bonds. The van der Waals surface area contributed by atoms with Gasteiger partial charge in [-0.05, 0) is 37.1 Å². The summed E-state index contributed by atoms with van der Waals surface area (Å²) in [4.78, 5) is 21.0. The highest BCUT2D eigenvalue weighted by Crippen LogP contribution is 2.20. The zero-order chi connectivity index (χ0) is 19.1. The van der Waals surface area contributed by atoms with E-state index in [0.717, 1.165) is 29.7 Å². The molecule has 0 unspecified atom stereocenters. The highest BCUT2D eigenvalue weighted by Gasteiger charge is 2.07. The molecule has 27 heavy (non-hydrogen) atoms. The average Bonchev–Trinajstić information content (AvgIpc) is 2.69. The van der Waals surface area contributed by atoms with E-state index in [1.807, 2.05) is 24.3 Å². The number of aromatic nitrogens is 2. The van der Waals surface area contributed by atoms with Crippen molar-refractivity contribution in [1.82, 2.24) is 15.3 Å². The molecule has 5 nitrogen and oxygen atoms in total. The van der Waals surface area contributed by atoms with Gasteiger partial charge in [-0.15, -0.1) is 0 Å². The van der Waals surface area contributed by atoms with Gasteiger partial charge in [-0.3, -0.25) is 4.79 Å². The molecule has 0 saturated carbocycles. The Morgan fingerprint density at radius 2 is 1.78 bits per heavy atom. The average molecular weight is 360 g/mol. The van der Waals surface area contributed by atoms with Crippen molar-refractivity contribution >= 4 is 17.5 Å². The van der Waals surface area contributed by atoms with Crippen LogP contribution in [-0.2, 0) is 0 Å². The molecular formula is C22H24N4O. The van der Waals surface area contributed by atoms with Crippen LogP contribution in [0.1, 0.15) is 35.7 Å². The van der Waals surface area contributed by atoms with Crippen LogP contribution in [0.25, 0.3) is 11.1 Å². The molecule has 0 bridgehead atoms. The molecule has 0 atom stereocenters. The van der Waals surface area contributed by atoms with Crippen molar-refractivity contribution in [3.63, 3.8) is 0 Å².